The summed E-state index contributed by atoms with van der Waals surface area (Å²) < 4.78 is 5.46. The van der Waals surface area contributed by atoms with Gasteiger partial charge in [-0.15, -0.1) is 0 Å². The van der Waals surface area contributed by atoms with Crippen LogP contribution in [0, 0.1) is 0 Å². The van der Waals surface area contributed by atoms with E-state index in [-0.39, 0.29) is 24.5 Å². The molecule has 110 valence electrons. The largest absolute Gasteiger partial charge is 0.379 e. The van der Waals surface area contributed by atoms with Crippen molar-refractivity contribution in [1.82, 2.24) is 10.2 Å². The van der Waals surface area contributed by atoms with Crippen LogP contribution in [0.2, 0.25) is 0 Å². The van der Waals surface area contributed by atoms with Gasteiger partial charge in [-0.25, -0.2) is 0 Å². The molecule has 1 fully saturated rings. The summed E-state index contributed by atoms with van der Waals surface area (Å²) in [5.74, 6) is -0.0400. The van der Waals surface area contributed by atoms with E-state index < -0.39 is 5.54 Å². The van der Waals surface area contributed by atoms with Crippen molar-refractivity contribution in [1.29, 1.82) is 0 Å². The molecule has 1 rings (SSSR count). The van der Waals surface area contributed by atoms with Gasteiger partial charge in [0.2, 0.25) is 11.8 Å². The predicted octanol–water partition coefficient (Wildman–Crippen LogP) is 1.32. The van der Waals surface area contributed by atoms with E-state index >= 15 is 0 Å². The first-order valence-corrected chi connectivity index (χ1v) is 7.11. The SMILES string of the molecule is CCC1(C)NC(=O)CN(CCCCOC(C)C)C1=O. The molecule has 1 N–H and O–H groups in total. The molecule has 5 nitrogen and oxygen atoms in total. The van der Waals surface area contributed by atoms with Gasteiger partial charge in [0.05, 0.1) is 12.6 Å². The monoisotopic (exact) mass is 270 g/mol. The summed E-state index contributed by atoms with van der Waals surface area (Å²) in [5, 5.41) is 2.78. The van der Waals surface area contributed by atoms with E-state index in [1.54, 1.807) is 11.8 Å². The van der Waals surface area contributed by atoms with E-state index in [2.05, 4.69) is 5.32 Å². The molecule has 1 aliphatic rings. The lowest BCUT2D eigenvalue weighted by Crippen LogP contribution is -2.65. The van der Waals surface area contributed by atoms with E-state index in [0.29, 0.717) is 19.6 Å². The van der Waals surface area contributed by atoms with Crippen molar-refractivity contribution < 1.29 is 14.3 Å². The zero-order valence-electron chi connectivity index (χ0n) is 12.5. The molecule has 2 amide bonds. The molecule has 5 heteroatoms. The number of hydrogen-bond donors (Lipinski definition) is 1. The van der Waals surface area contributed by atoms with E-state index in [1.807, 2.05) is 20.8 Å². The van der Waals surface area contributed by atoms with Gasteiger partial charge in [-0.1, -0.05) is 6.92 Å². The number of rotatable bonds is 7. The minimum absolute atomic E-state index is 0.0272. The fourth-order valence-electron chi connectivity index (χ4n) is 2.14. The molecule has 0 aliphatic carbocycles. The second-order valence-electron chi connectivity index (χ2n) is 5.59. The molecule has 0 aromatic carbocycles. The highest BCUT2D eigenvalue weighted by Gasteiger charge is 2.40. The Morgan fingerprint density at radius 2 is 2.05 bits per heavy atom. The average Bonchev–Trinajstić information content (AvgIpc) is 2.34. The molecule has 1 saturated heterocycles. The molecule has 0 aromatic heterocycles. The second-order valence-corrected chi connectivity index (χ2v) is 5.59. The van der Waals surface area contributed by atoms with Crippen LogP contribution in [-0.2, 0) is 14.3 Å². The Morgan fingerprint density at radius 3 is 2.63 bits per heavy atom. The highest BCUT2D eigenvalue weighted by Crippen LogP contribution is 2.18. The Labute approximate surface area is 115 Å². The van der Waals surface area contributed by atoms with Gasteiger partial charge < -0.3 is 15.0 Å². The Hall–Kier alpha value is -1.10. The van der Waals surface area contributed by atoms with Gasteiger partial charge in [-0.05, 0) is 40.0 Å². The first kappa shape index (κ1) is 16.0. The topological polar surface area (TPSA) is 58.6 Å². The number of carbonyl (C=O) groups is 2. The van der Waals surface area contributed by atoms with Crippen LogP contribution in [0.25, 0.3) is 0 Å². The van der Waals surface area contributed by atoms with E-state index in [0.717, 1.165) is 12.8 Å². The summed E-state index contributed by atoms with van der Waals surface area (Å²) in [6, 6.07) is 0. The number of nitrogens with zero attached hydrogens (tertiary/aromatic N) is 1. The molecule has 1 unspecified atom stereocenters. The molecule has 0 radical (unpaired) electrons. The maximum Gasteiger partial charge on any atom is 0.248 e. The zero-order valence-corrected chi connectivity index (χ0v) is 12.5. The van der Waals surface area contributed by atoms with Crippen molar-refractivity contribution in [2.45, 2.75) is 58.6 Å². The van der Waals surface area contributed by atoms with Gasteiger partial charge in [0.25, 0.3) is 0 Å². The average molecular weight is 270 g/mol. The van der Waals surface area contributed by atoms with Crippen molar-refractivity contribution in [2.75, 3.05) is 19.7 Å². The maximum atomic E-state index is 12.3. The van der Waals surface area contributed by atoms with Gasteiger partial charge in [-0.2, -0.15) is 0 Å². The summed E-state index contributed by atoms with van der Waals surface area (Å²) in [4.78, 5) is 25.6. The third-order valence-electron chi connectivity index (χ3n) is 3.49. The number of carbonyl (C=O) groups excluding carboxylic acids is 2. The number of nitrogens with one attached hydrogen (secondary N) is 1. The van der Waals surface area contributed by atoms with Crippen LogP contribution in [0.5, 0.6) is 0 Å². The van der Waals surface area contributed by atoms with Crippen LogP contribution >= 0.6 is 0 Å². The minimum Gasteiger partial charge on any atom is -0.379 e. The first-order valence-electron chi connectivity index (χ1n) is 7.11. The van der Waals surface area contributed by atoms with Gasteiger partial charge >= 0.3 is 0 Å². The van der Waals surface area contributed by atoms with Crippen LogP contribution in [-0.4, -0.2) is 48.1 Å². The van der Waals surface area contributed by atoms with Crippen LogP contribution in [0.1, 0.15) is 47.0 Å². The van der Waals surface area contributed by atoms with E-state index in [9.17, 15) is 9.59 Å². The number of unbranched alkanes of at least 4 members (excludes halogenated alkanes) is 1. The number of hydrogen-bond acceptors (Lipinski definition) is 3. The summed E-state index contributed by atoms with van der Waals surface area (Å²) in [7, 11) is 0. The molecule has 19 heavy (non-hydrogen) atoms. The van der Waals surface area contributed by atoms with Gasteiger partial charge in [0, 0.05) is 13.2 Å². The lowest BCUT2D eigenvalue weighted by molar-refractivity contribution is -0.149. The summed E-state index contributed by atoms with van der Waals surface area (Å²) in [6.45, 7) is 9.23. The van der Waals surface area contributed by atoms with Gasteiger partial charge in [0.1, 0.15) is 5.54 Å². The minimum atomic E-state index is -0.732. The normalized spacial score (nSPS) is 23.9. The van der Waals surface area contributed by atoms with Crippen molar-refractivity contribution in [3.05, 3.63) is 0 Å². The highest BCUT2D eigenvalue weighted by atomic mass is 16.5. The third kappa shape index (κ3) is 4.49. The highest BCUT2D eigenvalue weighted by molar-refractivity contribution is 5.97. The van der Waals surface area contributed by atoms with Gasteiger partial charge in [-0.3, -0.25) is 9.59 Å². The molecule has 0 saturated carbocycles. The predicted molar refractivity (Wildman–Crippen MR) is 73.7 cm³/mol. The van der Waals surface area contributed by atoms with Gasteiger partial charge in [0.15, 0.2) is 0 Å². The standard InChI is InChI=1S/C14H26N2O3/c1-5-14(4)13(18)16(10-12(17)15-14)8-6-7-9-19-11(2)3/h11H,5-10H2,1-4H3,(H,15,17). The molecule has 0 aromatic rings. The molecule has 1 heterocycles. The molecular weight excluding hydrogens is 244 g/mol. The molecule has 1 atom stereocenters. The third-order valence-corrected chi connectivity index (χ3v) is 3.49. The summed E-state index contributed by atoms with van der Waals surface area (Å²) >= 11 is 0. The lowest BCUT2D eigenvalue weighted by Gasteiger charge is -2.39. The van der Waals surface area contributed by atoms with Crippen LogP contribution in [0.15, 0.2) is 0 Å². The van der Waals surface area contributed by atoms with Crippen LogP contribution < -0.4 is 5.32 Å². The fraction of sp³-hybridized carbons (Fsp3) is 0.857. The van der Waals surface area contributed by atoms with Crippen molar-refractivity contribution in [2.24, 2.45) is 0 Å². The quantitative estimate of drug-likeness (QED) is 0.710. The number of ether oxygens (including phenoxy) is 1. The Balaban J connectivity index is 2.40. The van der Waals surface area contributed by atoms with Crippen molar-refractivity contribution >= 4 is 11.8 Å². The molecule has 0 bridgehead atoms. The Morgan fingerprint density at radius 1 is 1.37 bits per heavy atom. The zero-order chi connectivity index (χ0) is 14.5. The first-order chi connectivity index (χ1) is 8.89. The van der Waals surface area contributed by atoms with E-state index in [1.165, 1.54) is 0 Å². The lowest BCUT2D eigenvalue weighted by atomic mass is 9.94. The Kier molecular flexibility index (Phi) is 5.79. The second kappa shape index (κ2) is 6.89. The molecule has 0 spiro atoms. The van der Waals surface area contributed by atoms with Crippen molar-refractivity contribution in [3.63, 3.8) is 0 Å². The maximum absolute atomic E-state index is 12.3. The van der Waals surface area contributed by atoms with Crippen LogP contribution in [0.4, 0.5) is 0 Å². The molecule has 1 aliphatic heterocycles. The van der Waals surface area contributed by atoms with Crippen molar-refractivity contribution in [3.8, 4) is 0 Å². The summed E-state index contributed by atoms with van der Waals surface area (Å²) in [5.41, 5.74) is -0.732. The fourth-order valence-corrected chi connectivity index (χ4v) is 2.14. The summed E-state index contributed by atoms with van der Waals surface area (Å²) in [6.07, 6.45) is 2.63. The molecular formula is C14H26N2O3. The number of piperazine rings is 1. The smallest absolute Gasteiger partial charge is 0.248 e. The van der Waals surface area contributed by atoms with Crippen LogP contribution in [0.3, 0.4) is 0 Å². The Bertz CT molecular complexity index is 331. The van der Waals surface area contributed by atoms with E-state index in [4.69, 9.17) is 4.74 Å². The number of amides is 2.